The zero-order chi connectivity index (χ0) is 18.4. The quantitative estimate of drug-likeness (QED) is 0.826. The highest BCUT2D eigenvalue weighted by Gasteiger charge is 2.12. The Morgan fingerprint density at radius 3 is 2.77 bits per heavy atom. The fourth-order valence-electron chi connectivity index (χ4n) is 2.89. The molecule has 1 amide bonds. The van der Waals surface area contributed by atoms with Crippen LogP contribution in [0.15, 0.2) is 30.6 Å². The van der Waals surface area contributed by atoms with Crippen molar-refractivity contribution >= 4 is 17.4 Å². The van der Waals surface area contributed by atoms with E-state index in [1.807, 2.05) is 32.0 Å². The molecule has 0 bridgehead atoms. The van der Waals surface area contributed by atoms with E-state index in [-0.39, 0.29) is 5.91 Å². The zero-order valence-corrected chi connectivity index (χ0v) is 15.3. The molecule has 0 aliphatic carbocycles. The number of amides is 1. The van der Waals surface area contributed by atoms with Crippen LogP contribution < -0.4 is 10.6 Å². The zero-order valence-electron chi connectivity index (χ0n) is 15.3. The molecule has 1 aliphatic rings. The third-order valence-electron chi connectivity index (χ3n) is 4.37. The van der Waals surface area contributed by atoms with Gasteiger partial charge < -0.3 is 15.4 Å². The van der Waals surface area contributed by atoms with E-state index in [4.69, 9.17) is 4.74 Å². The van der Waals surface area contributed by atoms with E-state index in [0.717, 1.165) is 56.2 Å². The van der Waals surface area contributed by atoms with Crippen molar-refractivity contribution < 1.29 is 9.53 Å². The Hall–Kier alpha value is -2.51. The normalized spacial score (nSPS) is 14.8. The second-order valence-electron chi connectivity index (χ2n) is 6.44. The number of rotatable bonds is 6. The van der Waals surface area contributed by atoms with Gasteiger partial charge in [0.25, 0.3) is 5.91 Å². The summed E-state index contributed by atoms with van der Waals surface area (Å²) in [6, 6.07) is 7.60. The van der Waals surface area contributed by atoms with Crippen LogP contribution >= 0.6 is 0 Å². The van der Waals surface area contributed by atoms with Crippen LogP contribution in [0.1, 0.15) is 21.6 Å². The van der Waals surface area contributed by atoms with Crippen molar-refractivity contribution in [1.29, 1.82) is 0 Å². The number of hydrogen-bond acceptors (Lipinski definition) is 6. The average molecular weight is 355 g/mol. The average Bonchev–Trinajstić information content (AvgIpc) is 2.65. The number of carbonyl (C=O) groups is 1. The number of morpholine rings is 1. The first-order valence-corrected chi connectivity index (χ1v) is 8.86. The highest BCUT2D eigenvalue weighted by molar-refractivity contribution is 6.03. The topological polar surface area (TPSA) is 79.4 Å². The molecule has 1 fully saturated rings. The number of benzene rings is 1. The maximum atomic E-state index is 12.5. The van der Waals surface area contributed by atoms with Crippen LogP contribution in [-0.4, -0.2) is 60.2 Å². The number of carbonyl (C=O) groups excluding carboxylic acids is 1. The predicted octanol–water partition coefficient (Wildman–Crippen LogP) is 2.09. The van der Waals surface area contributed by atoms with E-state index in [0.29, 0.717) is 11.5 Å². The van der Waals surface area contributed by atoms with Crippen LogP contribution in [-0.2, 0) is 4.74 Å². The molecule has 1 saturated heterocycles. The third kappa shape index (κ3) is 5.00. The van der Waals surface area contributed by atoms with Crippen LogP contribution in [0.5, 0.6) is 0 Å². The first-order valence-electron chi connectivity index (χ1n) is 8.86. The van der Waals surface area contributed by atoms with Gasteiger partial charge in [-0.25, -0.2) is 9.97 Å². The monoisotopic (exact) mass is 355 g/mol. The Kier molecular flexibility index (Phi) is 6.14. The molecule has 0 atom stereocenters. The summed E-state index contributed by atoms with van der Waals surface area (Å²) >= 11 is 0. The summed E-state index contributed by atoms with van der Waals surface area (Å²) < 4.78 is 5.34. The largest absolute Gasteiger partial charge is 0.379 e. The Morgan fingerprint density at radius 2 is 2.00 bits per heavy atom. The smallest absolute Gasteiger partial charge is 0.274 e. The molecule has 2 N–H and O–H groups in total. The molecule has 7 heteroatoms. The number of nitrogens with one attached hydrogen (secondary N) is 2. The summed E-state index contributed by atoms with van der Waals surface area (Å²) in [4.78, 5) is 23.1. The minimum atomic E-state index is -0.240. The number of aryl methyl sites for hydroxylation is 2. The van der Waals surface area contributed by atoms with Crippen LogP contribution in [0.4, 0.5) is 11.5 Å². The molecule has 0 radical (unpaired) electrons. The summed E-state index contributed by atoms with van der Waals surface area (Å²) in [5.74, 6) is 0.412. The molecule has 0 spiro atoms. The molecule has 138 valence electrons. The fraction of sp³-hybridized carbons (Fsp3) is 0.421. The van der Waals surface area contributed by atoms with Gasteiger partial charge in [-0.15, -0.1) is 0 Å². The van der Waals surface area contributed by atoms with Gasteiger partial charge in [-0.3, -0.25) is 9.69 Å². The van der Waals surface area contributed by atoms with Crippen LogP contribution in [0.3, 0.4) is 0 Å². The highest BCUT2D eigenvalue weighted by Crippen LogP contribution is 2.17. The Labute approximate surface area is 153 Å². The lowest BCUT2D eigenvalue weighted by Crippen LogP contribution is -2.39. The summed E-state index contributed by atoms with van der Waals surface area (Å²) in [6.45, 7) is 9.15. The molecule has 0 saturated carbocycles. The minimum absolute atomic E-state index is 0.240. The standard InChI is InChI=1S/C19H25N5O2/c1-14-3-4-16(15(2)11-14)23-19(25)17-12-18(22-13-21-17)20-5-6-24-7-9-26-10-8-24/h3-4,11-13H,5-10H2,1-2H3,(H,23,25)(H,20,21,22). The van der Waals surface area contributed by atoms with Gasteiger partial charge in [0.15, 0.2) is 0 Å². The van der Waals surface area contributed by atoms with Crippen molar-refractivity contribution in [3.05, 3.63) is 47.4 Å². The van der Waals surface area contributed by atoms with Crippen LogP contribution in [0.2, 0.25) is 0 Å². The molecule has 1 aromatic carbocycles. The van der Waals surface area contributed by atoms with Gasteiger partial charge in [-0.2, -0.15) is 0 Å². The molecular formula is C19H25N5O2. The lowest BCUT2D eigenvalue weighted by atomic mass is 10.1. The van der Waals surface area contributed by atoms with E-state index < -0.39 is 0 Å². The van der Waals surface area contributed by atoms with Gasteiger partial charge in [0, 0.05) is 37.9 Å². The summed E-state index contributed by atoms with van der Waals surface area (Å²) in [5.41, 5.74) is 3.32. The van der Waals surface area contributed by atoms with Crippen LogP contribution in [0.25, 0.3) is 0 Å². The Morgan fingerprint density at radius 1 is 1.19 bits per heavy atom. The third-order valence-corrected chi connectivity index (χ3v) is 4.37. The van der Waals surface area contributed by atoms with Crippen molar-refractivity contribution in [2.75, 3.05) is 50.0 Å². The minimum Gasteiger partial charge on any atom is -0.379 e. The van der Waals surface area contributed by atoms with Crippen molar-refractivity contribution in [2.24, 2.45) is 0 Å². The number of anilines is 2. The van der Waals surface area contributed by atoms with Gasteiger partial charge in [0.2, 0.25) is 0 Å². The molecule has 0 unspecified atom stereocenters. The molecule has 1 aliphatic heterocycles. The number of aromatic nitrogens is 2. The van der Waals surface area contributed by atoms with E-state index >= 15 is 0 Å². The van der Waals surface area contributed by atoms with Gasteiger partial charge in [0.1, 0.15) is 17.8 Å². The predicted molar refractivity (Wildman–Crippen MR) is 102 cm³/mol. The summed E-state index contributed by atoms with van der Waals surface area (Å²) in [5, 5.41) is 6.17. The van der Waals surface area contributed by atoms with E-state index in [2.05, 4.69) is 25.5 Å². The summed E-state index contributed by atoms with van der Waals surface area (Å²) in [6.07, 6.45) is 1.41. The van der Waals surface area contributed by atoms with Crippen molar-refractivity contribution in [3.63, 3.8) is 0 Å². The maximum absolute atomic E-state index is 12.5. The van der Waals surface area contributed by atoms with Gasteiger partial charge in [-0.1, -0.05) is 17.7 Å². The fourth-order valence-corrected chi connectivity index (χ4v) is 2.89. The Balaban J connectivity index is 1.56. The second-order valence-corrected chi connectivity index (χ2v) is 6.44. The van der Waals surface area contributed by atoms with E-state index in [9.17, 15) is 4.79 Å². The van der Waals surface area contributed by atoms with E-state index in [1.165, 1.54) is 6.33 Å². The molecule has 2 aromatic rings. The number of ether oxygens (including phenoxy) is 1. The molecule has 3 rings (SSSR count). The highest BCUT2D eigenvalue weighted by atomic mass is 16.5. The maximum Gasteiger partial charge on any atom is 0.274 e. The first kappa shape index (κ1) is 18.3. The lowest BCUT2D eigenvalue weighted by Gasteiger charge is -2.26. The van der Waals surface area contributed by atoms with Gasteiger partial charge in [0.05, 0.1) is 13.2 Å². The molecule has 26 heavy (non-hydrogen) atoms. The summed E-state index contributed by atoms with van der Waals surface area (Å²) in [7, 11) is 0. The van der Waals surface area contributed by atoms with Crippen molar-refractivity contribution in [3.8, 4) is 0 Å². The molecule has 2 heterocycles. The lowest BCUT2D eigenvalue weighted by molar-refractivity contribution is 0.0398. The number of nitrogens with zero attached hydrogens (tertiary/aromatic N) is 3. The molecule has 7 nitrogen and oxygen atoms in total. The van der Waals surface area contributed by atoms with Gasteiger partial charge >= 0.3 is 0 Å². The molecular weight excluding hydrogens is 330 g/mol. The molecule has 1 aromatic heterocycles. The SMILES string of the molecule is Cc1ccc(NC(=O)c2cc(NCCN3CCOCC3)ncn2)c(C)c1. The first-order chi connectivity index (χ1) is 12.6. The second kappa shape index (κ2) is 8.73. The van der Waals surface area contributed by atoms with Crippen LogP contribution in [0, 0.1) is 13.8 Å². The Bertz CT molecular complexity index is 759. The number of hydrogen-bond donors (Lipinski definition) is 2. The van der Waals surface area contributed by atoms with E-state index in [1.54, 1.807) is 6.07 Å². The van der Waals surface area contributed by atoms with Gasteiger partial charge in [-0.05, 0) is 25.5 Å². The van der Waals surface area contributed by atoms with Crippen molar-refractivity contribution in [1.82, 2.24) is 14.9 Å². The van der Waals surface area contributed by atoms with Crippen molar-refractivity contribution in [2.45, 2.75) is 13.8 Å².